The molecular formula is C15H21N7OS. The molecule has 0 saturated carbocycles. The van der Waals surface area contributed by atoms with Crippen LogP contribution in [0.25, 0.3) is 4.96 Å². The van der Waals surface area contributed by atoms with E-state index in [1.165, 1.54) is 0 Å². The van der Waals surface area contributed by atoms with Gasteiger partial charge in [0.15, 0.2) is 0 Å². The number of nitrogens with zero attached hydrogens (tertiary/aromatic N) is 5. The molecule has 0 bridgehead atoms. The molecule has 0 fully saturated rings. The minimum Gasteiger partial charge on any atom is -0.322 e. The van der Waals surface area contributed by atoms with Crippen LogP contribution < -0.4 is 10.6 Å². The Hall–Kier alpha value is -2.26. The van der Waals surface area contributed by atoms with Gasteiger partial charge in [-0.2, -0.15) is 10.2 Å². The van der Waals surface area contributed by atoms with Gasteiger partial charge in [0.05, 0.1) is 35.5 Å². The van der Waals surface area contributed by atoms with Gasteiger partial charge in [-0.1, -0.05) is 11.3 Å². The largest absolute Gasteiger partial charge is 0.322 e. The molecule has 9 heteroatoms. The molecule has 0 aliphatic carbocycles. The quantitative estimate of drug-likeness (QED) is 0.708. The van der Waals surface area contributed by atoms with Crippen LogP contribution in [0.3, 0.4) is 0 Å². The average Bonchev–Trinajstić information content (AvgIpc) is 3.13. The highest BCUT2D eigenvalue weighted by molar-refractivity contribution is 7.16. The number of carbonyl (C=O) groups excluding carboxylic acids is 1. The van der Waals surface area contributed by atoms with E-state index in [0.717, 1.165) is 39.3 Å². The van der Waals surface area contributed by atoms with E-state index in [2.05, 4.69) is 25.8 Å². The van der Waals surface area contributed by atoms with Crippen LogP contribution in [0, 0.1) is 20.8 Å². The van der Waals surface area contributed by atoms with Gasteiger partial charge in [0.1, 0.15) is 5.01 Å². The van der Waals surface area contributed by atoms with Crippen LogP contribution in [-0.4, -0.2) is 36.8 Å². The van der Waals surface area contributed by atoms with E-state index in [9.17, 15) is 4.79 Å². The summed E-state index contributed by atoms with van der Waals surface area (Å²) < 4.78 is 3.65. The topological polar surface area (TPSA) is 89.1 Å². The molecule has 3 heterocycles. The van der Waals surface area contributed by atoms with Gasteiger partial charge in [0.2, 0.25) is 10.9 Å². The minimum absolute atomic E-state index is 0.0909. The summed E-state index contributed by atoms with van der Waals surface area (Å²) in [5.74, 6) is -0.0909. The van der Waals surface area contributed by atoms with Crippen LogP contribution in [0.5, 0.6) is 0 Å². The standard InChI is InChI=1S/C15H21N7OS/c1-5-21-10(3)14(9(2)19-21)18-13(23)7-16-6-12-8-22-15(17-12)24-11(4)20-22/h8,16H,5-7H2,1-4H3,(H,18,23). The zero-order valence-corrected chi connectivity index (χ0v) is 15.1. The summed E-state index contributed by atoms with van der Waals surface area (Å²) in [5, 5.41) is 15.7. The smallest absolute Gasteiger partial charge is 0.238 e. The van der Waals surface area contributed by atoms with E-state index in [1.807, 2.05) is 38.6 Å². The monoisotopic (exact) mass is 347 g/mol. The van der Waals surface area contributed by atoms with Crippen molar-refractivity contribution in [3.63, 3.8) is 0 Å². The number of hydrogen-bond acceptors (Lipinski definition) is 6. The number of rotatable bonds is 6. The van der Waals surface area contributed by atoms with E-state index < -0.39 is 0 Å². The Bertz CT molecular complexity index is 845. The number of imidazole rings is 1. The lowest BCUT2D eigenvalue weighted by molar-refractivity contribution is -0.115. The van der Waals surface area contributed by atoms with E-state index in [1.54, 1.807) is 15.9 Å². The fourth-order valence-electron chi connectivity index (χ4n) is 2.60. The summed E-state index contributed by atoms with van der Waals surface area (Å²) in [4.78, 5) is 17.5. The average molecular weight is 347 g/mol. The first-order chi connectivity index (χ1) is 11.5. The summed E-state index contributed by atoms with van der Waals surface area (Å²) in [6, 6.07) is 0. The zero-order chi connectivity index (χ0) is 17.3. The lowest BCUT2D eigenvalue weighted by atomic mass is 10.3. The van der Waals surface area contributed by atoms with Gasteiger partial charge >= 0.3 is 0 Å². The molecule has 0 radical (unpaired) electrons. The van der Waals surface area contributed by atoms with Gasteiger partial charge < -0.3 is 10.6 Å². The molecule has 0 aliphatic rings. The number of hydrogen-bond donors (Lipinski definition) is 2. The maximum absolute atomic E-state index is 12.1. The van der Waals surface area contributed by atoms with Crippen molar-refractivity contribution >= 4 is 27.9 Å². The van der Waals surface area contributed by atoms with Crippen LogP contribution in [0.4, 0.5) is 5.69 Å². The van der Waals surface area contributed by atoms with E-state index >= 15 is 0 Å². The predicted octanol–water partition coefficient (Wildman–Crippen LogP) is 1.66. The van der Waals surface area contributed by atoms with Crippen molar-refractivity contribution < 1.29 is 4.79 Å². The third-order valence-corrected chi connectivity index (χ3v) is 4.57. The van der Waals surface area contributed by atoms with Crippen LogP contribution in [0.1, 0.15) is 29.0 Å². The number of anilines is 1. The van der Waals surface area contributed by atoms with Gasteiger partial charge in [0, 0.05) is 13.1 Å². The highest BCUT2D eigenvalue weighted by Gasteiger charge is 2.13. The van der Waals surface area contributed by atoms with Gasteiger partial charge in [-0.25, -0.2) is 9.50 Å². The summed E-state index contributed by atoms with van der Waals surface area (Å²) in [6.07, 6.45) is 1.88. The molecule has 3 aromatic heterocycles. The highest BCUT2D eigenvalue weighted by Crippen LogP contribution is 2.19. The van der Waals surface area contributed by atoms with E-state index in [4.69, 9.17) is 0 Å². The Labute approximate surface area is 143 Å². The first-order valence-corrected chi connectivity index (χ1v) is 8.65. The Kier molecular flexibility index (Phi) is 4.63. The van der Waals surface area contributed by atoms with Crippen molar-refractivity contribution in [1.29, 1.82) is 0 Å². The third-order valence-electron chi connectivity index (χ3n) is 3.73. The molecule has 0 saturated heterocycles. The second-order valence-electron chi connectivity index (χ2n) is 5.59. The van der Waals surface area contributed by atoms with Crippen molar-refractivity contribution in [3.8, 4) is 0 Å². The maximum Gasteiger partial charge on any atom is 0.238 e. The van der Waals surface area contributed by atoms with Crippen LogP contribution in [-0.2, 0) is 17.9 Å². The summed E-state index contributed by atoms with van der Waals surface area (Å²) >= 11 is 1.55. The molecule has 3 rings (SSSR count). The first kappa shape index (κ1) is 16.6. The van der Waals surface area contributed by atoms with Crippen LogP contribution in [0.15, 0.2) is 6.20 Å². The highest BCUT2D eigenvalue weighted by atomic mass is 32.1. The van der Waals surface area contributed by atoms with Crippen molar-refractivity contribution in [2.45, 2.75) is 40.8 Å². The fourth-order valence-corrected chi connectivity index (χ4v) is 3.35. The first-order valence-electron chi connectivity index (χ1n) is 7.84. The Balaban J connectivity index is 1.54. The lowest BCUT2D eigenvalue weighted by Crippen LogP contribution is -2.28. The Morgan fingerprint density at radius 1 is 1.29 bits per heavy atom. The SMILES string of the molecule is CCn1nc(C)c(NC(=O)CNCc2cn3nc(C)sc3n2)c1C. The van der Waals surface area contributed by atoms with E-state index in [0.29, 0.717) is 6.54 Å². The molecule has 1 amide bonds. The Morgan fingerprint density at radius 2 is 2.08 bits per heavy atom. The third kappa shape index (κ3) is 3.31. The Morgan fingerprint density at radius 3 is 2.75 bits per heavy atom. The summed E-state index contributed by atoms with van der Waals surface area (Å²) in [7, 11) is 0. The van der Waals surface area contributed by atoms with Gasteiger partial charge in [-0.05, 0) is 27.7 Å². The molecule has 8 nitrogen and oxygen atoms in total. The van der Waals surface area contributed by atoms with E-state index in [-0.39, 0.29) is 12.5 Å². The number of amides is 1. The van der Waals surface area contributed by atoms with Gasteiger partial charge in [-0.15, -0.1) is 0 Å². The maximum atomic E-state index is 12.1. The van der Waals surface area contributed by atoms with Gasteiger partial charge in [0.25, 0.3) is 0 Å². The van der Waals surface area contributed by atoms with Crippen molar-refractivity contribution in [2.24, 2.45) is 0 Å². The van der Waals surface area contributed by atoms with Crippen molar-refractivity contribution in [1.82, 2.24) is 29.7 Å². The molecule has 3 aromatic rings. The van der Waals surface area contributed by atoms with Crippen molar-refractivity contribution in [2.75, 3.05) is 11.9 Å². The molecule has 0 spiro atoms. The van der Waals surface area contributed by atoms with Crippen LogP contribution in [0.2, 0.25) is 0 Å². The lowest BCUT2D eigenvalue weighted by Gasteiger charge is -2.06. The molecule has 128 valence electrons. The number of nitrogens with one attached hydrogen (secondary N) is 2. The van der Waals surface area contributed by atoms with Crippen molar-refractivity contribution in [3.05, 3.63) is 28.3 Å². The number of carbonyl (C=O) groups is 1. The molecule has 0 unspecified atom stereocenters. The summed E-state index contributed by atoms with van der Waals surface area (Å²) in [5.41, 5.74) is 3.47. The molecule has 0 aliphatic heterocycles. The number of aryl methyl sites for hydroxylation is 3. The number of fused-ring (bicyclic) bond motifs is 1. The molecule has 0 atom stereocenters. The molecule has 24 heavy (non-hydrogen) atoms. The molecule has 0 aromatic carbocycles. The predicted molar refractivity (Wildman–Crippen MR) is 93.3 cm³/mol. The second-order valence-corrected chi connectivity index (χ2v) is 6.75. The van der Waals surface area contributed by atoms with Crippen LogP contribution >= 0.6 is 11.3 Å². The second kappa shape index (κ2) is 6.70. The molecular weight excluding hydrogens is 326 g/mol. The zero-order valence-electron chi connectivity index (χ0n) is 14.3. The number of aromatic nitrogens is 5. The normalized spacial score (nSPS) is 11.3. The summed E-state index contributed by atoms with van der Waals surface area (Å²) in [6.45, 7) is 9.35. The molecule has 2 N–H and O–H groups in total. The fraction of sp³-hybridized carbons (Fsp3) is 0.467. The minimum atomic E-state index is -0.0909. The van der Waals surface area contributed by atoms with Gasteiger partial charge in [-0.3, -0.25) is 9.48 Å².